The molecule has 0 aliphatic carbocycles. The molecule has 1 N–H and O–H groups in total. The lowest BCUT2D eigenvalue weighted by Gasteiger charge is -2.15. The van der Waals surface area contributed by atoms with Gasteiger partial charge in [0.1, 0.15) is 5.69 Å². The highest BCUT2D eigenvalue weighted by molar-refractivity contribution is 6.31. The summed E-state index contributed by atoms with van der Waals surface area (Å²) < 4.78 is 1.72. The van der Waals surface area contributed by atoms with Crippen LogP contribution in [-0.2, 0) is 7.05 Å². The number of nitrogens with zero attached hydrogens (tertiary/aromatic N) is 3. The largest absolute Gasteiger partial charge is 0.373 e. The van der Waals surface area contributed by atoms with E-state index in [0.29, 0.717) is 10.7 Å². The lowest BCUT2D eigenvalue weighted by Crippen LogP contribution is -2.08. The zero-order chi connectivity index (χ0) is 14.9. The molecule has 0 amide bonds. The van der Waals surface area contributed by atoms with Crippen LogP contribution in [0.25, 0.3) is 0 Å². The minimum absolute atomic E-state index is 0.00259. The SMILES string of the molecule is Cc1nn(C)cc1C(C)Nc1cc(Cl)ccc1[N+](=O)[O-]. The van der Waals surface area contributed by atoms with Crippen molar-refractivity contribution >= 4 is 23.0 Å². The van der Waals surface area contributed by atoms with E-state index in [1.807, 2.05) is 27.1 Å². The zero-order valence-corrected chi connectivity index (χ0v) is 12.2. The average molecular weight is 295 g/mol. The lowest BCUT2D eigenvalue weighted by atomic mass is 10.1. The summed E-state index contributed by atoms with van der Waals surface area (Å²) in [6.07, 6.45) is 1.89. The van der Waals surface area contributed by atoms with Crippen LogP contribution in [0, 0.1) is 17.0 Å². The van der Waals surface area contributed by atoms with Crippen molar-refractivity contribution in [3.63, 3.8) is 0 Å². The van der Waals surface area contributed by atoms with Crippen molar-refractivity contribution in [1.82, 2.24) is 9.78 Å². The minimum atomic E-state index is -0.429. The Hall–Kier alpha value is -2.08. The first-order valence-electron chi connectivity index (χ1n) is 6.09. The van der Waals surface area contributed by atoms with Crippen molar-refractivity contribution < 1.29 is 4.92 Å². The lowest BCUT2D eigenvalue weighted by molar-refractivity contribution is -0.384. The van der Waals surface area contributed by atoms with Crippen LogP contribution in [0.5, 0.6) is 0 Å². The van der Waals surface area contributed by atoms with Crippen LogP contribution in [0.1, 0.15) is 24.2 Å². The molecule has 0 saturated heterocycles. The number of anilines is 1. The topological polar surface area (TPSA) is 73.0 Å². The molecule has 1 atom stereocenters. The van der Waals surface area contributed by atoms with E-state index >= 15 is 0 Å². The van der Waals surface area contributed by atoms with Gasteiger partial charge in [0.05, 0.1) is 16.7 Å². The standard InChI is InChI=1S/C13H15ClN4O2/c1-8(11-7-17(3)16-9(11)2)15-12-6-10(14)4-5-13(12)18(19)20/h4-8,15H,1-3H3. The number of nitro groups is 1. The average Bonchev–Trinajstić information content (AvgIpc) is 2.68. The van der Waals surface area contributed by atoms with Crippen LogP contribution in [0.3, 0.4) is 0 Å². The van der Waals surface area contributed by atoms with Crippen molar-refractivity contribution in [2.45, 2.75) is 19.9 Å². The number of halogens is 1. The predicted molar refractivity (Wildman–Crippen MR) is 78.1 cm³/mol. The normalized spacial score (nSPS) is 12.2. The summed E-state index contributed by atoms with van der Waals surface area (Å²) in [6.45, 7) is 3.83. The van der Waals surface area contributed by atoms with Crippen molar-refractivity contribution in [1.29, 1.82) is 0 Å². The van der Waals surface area contributed by atoms with Gasteiger partial charge in [-0.25, -0.2) is 0 Å². The number of aryl methyl sites for hydroxylation is 2. The van der Waals surface area contributed by atoms with Gasteiger partial charge in [-0.05, 0) is 26.0 Å². The molecule has 0 saturated carbocycles. The Morgan fingerprint density at radius 3 is 2.75 bits per heavy atom. The third-order valence-corrected chi connectivity index (χ3v) is 3.28. The number of aromatic nitrogens is 2. The number of nitro benzene ring substituents is 1. The Balaban J connectivity index is 2.32. The molecule has 2 aromatic rings. The van der Waals surface area contributed by atoms with E-state index in [1.165, 1.54) is 12.1 Å². The van der Waals surface area contributed by atoms with Gasteiger partial charge in [0, 0.05) is 29.9 Å². The Morgan fingerprint density at radius 1 is 1.50 bits per heavy atom. The van der Waals surface area contributed by atoms with Crippen LogP contribution in [0.2, 0.25) is 5.02 Å². The first-order chi connectivity index (χ1) is 9.38. The van der Waals surface area contributed by atoms with Crippen LogP contribution in [-0.4, -0.2) is 14.7 Å². The molecule has 0 spiro atoms. The van der Waals surface area contributed by atoms with E-state index in [1.54, 1.807) is 10.7 Å². The van der Waals surface area contributed by atoms with Gasteiger partial charge in [0.25, 0.3) is 5.69 Å². The summed E-state index contributed by atoms with van der Waals surface area (Å²) in [5.74, 6) is 0. The predicted octanol–water partition coefficient (Wildman–Crippen LogP) is 3.46. The molecule has 0 radical (unpaired) electrons. The van der Waals surface area contributed by atoms with E-state index in [4.69, 9.17) is 11.6 Å². The molecule has 7 heteroatoms. The van der Waals surface area contributed by atoms with Gasteiger partial charge in [-0.1, -0.05) is 11.6 Å². The first-order valence-corrected chi connectivity index (χ1v) is 6.47. The molecule has 1 heterocycles. The van der Waals surface area contributed by atoms with E-state index in [-0.39, 0.29) is 11.7 Å². The van der Waals surface area contributed by atoms with Gasteiger partial charge in [-0.15, -0.1) is 0 Å². The molecule has 1 aromatic heterocycles. The molecule has 1 aromatic carbocycles. The Kier molecular flexibility index (Phi) is 3.94. The van der Waals surface area contributed by atoms with Crippen molar-refractivity contribution in [3.05, 3.63) is 50.8 Å². The molecule has 6 nitrogen and oxygen atoms in total. The molecular weight excluding hydrogens is 280 g/mol. The number of benzene rings is 1. The van der Waals surface area contributed by atoms with E-state index in [0.717, 1.165) is 11.3 Å². The summed E-state index contributed by atoms with van der Waals surface area (Å²) >= 11 is 5.91. The number of nitrogens with one attached hydrogen (secondary N) is 1. The number of hydrogen-bond donors (Lipinski definition) is 1. The molecular formula is C13H15ClN4O2. The van der Waals surface area contributed by atoms with Gasteiger partial charge >= 0.3 is 0 Å². The summed E-state index contributed by atoms with van der Waals surface area (Å²) in [7, 11) is 1.84. The first kappa shape index (κ1) is 14.3. The highest BCUT2D eigenvalue weighted by atomic mass is 35.5. The molecule has 20 heavy (non-hydrogen) atoms. The van der Waals surface area contributed by atoms with Crippen LogP contribution >= 0.6 is 11.6 Å². The second kappa shape index (κ2) is 5.50. The molecule has 0 aliphatic heterocycles. The molecule has 0 bridgehead atoms. The maximum atomic E-state index is 11.0. The molecule has 2 rings (SSSR count). The summed E-state index contributed by atoms with van der Waals surface area (Å²) in [6, 6.07) is 4.35. The highest BCUT2D eigenvalue weighted by Crippen LogP contribution is 2.31. The van der Waals surface area contributed by atoms with E-state index < -0.39 is 4.92 Å². The van der Waals surface area contributed by atoms with Crippen molar-refractivity contribution in [2.24, 2.45) is 7.05 Å². The van der Waals surface area contributed by atoms with Gasteiger partial charge in [0.2, 0.25) is 0 Å². The maximum absolute atomic E-state index is 11.0. The highest BCUT2D eigenvalue weighted by Gasteiger charge is 2.18. The molecule has 0 aliphatic rings. The van der Waals surface area contributed by atoms with Crippen LogP contribution in [0.4, 0.5) is 11.4 Å². The van der Waals surface area contributed by atoms with Gasteiger partial charge in [-0.3, -0.25) is 14.8 Å². The fourth-order valence-corrected chi connectivity index (χ4v) is 2.31. The van der Waals surface area contributed by atoms with Crippen molar-refractivity contribution in [3.8, 4) is 0 Å². The van der Waals surface area contributed by atoms with Crippen LogP contribution in [0.15, 0.2) is 24.4 Å². The summed E-state index contributed by atoms with van der Waals surface area (Å²) in [5.41, 5.74) is 2.28. The summed E-state index contributed by atoms with van der Waals surface area (Å²) in [4.78, 5) is 10.6. The fourth-order valence-electron chi connectivity index (χ4n) is 2.14. The van der Waals surface area contributed by atoms with Gasteiger partial charge in [-0.2, -0.15) is 5.10 Å². The van der Waals surface area contributed by atoms with E-state index in [2.05, 4.69) is 10.4 Å². The zero-order valence-electron chi connectivity index (χ0n) is 11.4. The smallest absolute Gasteiger partial charge is 0.292 e. The number of hydrogen-bond acceptors (Lipinski definition) is 4. The van der Waals surface area contributed by atoms with Gasteiger partial charge in [0.15, 0.2) is 0 Å². The molecule has 1 unspecified atom stereocenters. The second-order valence-electron chi connectivity index (χ2n) is 4.63. The monoisotopic (exact) mass is 294 g/mol. The molecule has 0 fully saturated rings. The fraction of sp³-hybridized carbons (Fsp3) is 0.308. The van der Waals surface area contributed by atoms with Gasteiger partial charge < -0.3 is 5.32 Å². The van der Waals surface area contributed by atoms with Crippen LogP contribution < -0.4 is 5.32 Å². The van der Waals surface area contributed by atoms with E-state index in [9.17, 15) is 10.1 Å². The second-order valence-corrected chi connectivity index (χ2v) is 5.06. The Morgan fingerprint density at radius 2 is 2.20 bits per heavy atom. The third-order valence-electron chi connectivity index (χ3n) is 3.05. The quantitative estimate of drug-likeness (QED) is 0.692. The molecule has 106 valence electrons. The minimum Gasteiger partial charge on any atom is -0.373 e. The number of rotatable bonds is 4. The summed E-state index contributed by atoms with van der Waals surface area (Å²) in [5, 5.41) is 18.9. The van der Waals surface area contributed by atoms with Crippen molar-refractivity contribution in [2.75, 3.05) is 5.32 Å². The Labute approximate surface area is 121 Å². The Bertz CT molecular complexity index is 654. The third kappa shape index (κ3) is 2.91. The maximum Gasteiger partial charge on any atom is 0.292 e.